The average molecular weight is 268 g/mol. The smallest absolute Gasteiger partial charge is 1.00 e. The number of rotatable bonds is 2. The molecule has 0 saturated carbocycles. The van der Waals surface area contributed by atoms with Crippen LogP contribution in [0.15, 0.2) is 0 Å². The predicted octanol–water partition coefficient (Wildman–Crippen LogP) is -4.33. The van der Waals surface area contributed by atoms with E-state index >= 15 is 0 Å². The van der Waals surface area contributed by atoms with Crippen molar-refractivity contribution >= 4 is 20.8 Å². The third-order valence-electron chi connectivity index (χ3n) is 0.188. The standard InChI is InChI=1S/K.2H2O5S.H/c;2*1-5-6(2,3)4;/h;2*1H,(H,2,3,4);/q+1;;;-1. The van der Waals surface area contributed by atoms with E-state index in [1.165, 1.54) is 0 Å². The van der Waals surface area contributed by atoms with Crippen LogP contribution in [0.1, 0.15) is 1.43 Å². The molecular formula is H5KO10S2. The Labute approximate surface area is 117 Å². The molecule has 0 aromatic carbocycles. The molecule has 0 aromatic rings. The molecule has 0 atom stereocenters. The summed E-state index contributed by atoms with van der Waals surface area (Å²) in [6, 6.07) is 0. The van der Waals surface area contributed by atoms with Crippen molar-refractivity contribution in [2.24, 2.45) is 0 Å². The van der Waals surface area contributed by atoms with E-state index in [0.717, 1.165) is 0 Å². The summed E-state index contributed by atoms with van der Waals surface area (Å²) in [6.07, 6.45) is 0. The van der Waals surface area contributed by atoms with Gasteiger partial charge in [0.25, 0.3) is 0 Å². The monoisotopic (exact) mass is 268 g/mol. The minimum absolute atomic E-state index is 0. The fourth-order valence-electron chi connectivity index (χ4n) is 0. The van der Waals surface area contributed by atoms with Crippen LogP contribution in [0.4, 0.5) is 0 Å². The van der Waals surface area contributed by atoms with E-state index < -0.39 is 20.8 Å². The zero-order chi connectivity index (χ0) is 10.4. The molecule has 0 aliphatic rings. The molecule has 78 valence electrons. The van der Waals surface area contributed by atoms with Gasteiger partial charge in [0.15, 0.2) is 0 Å². The van der Waals surface area contributed by atoms with Crippen LogP contribution in [0.5, 0.6) is 0 Å². The fraction of sp³-hybridized carbons (Fsp3) is 0. The van der Waals surface area contributed by atoms with Gasteiger partial charge in [-0.25, -0.2) is 10.5 Å². The molecule has 4 N–H and O–H groups in total. The molecule has 13 heavy (non-hydrogen) atoms. The summed E-state index contributed by atoms with van der Waals surface area (Å²) in [4.78, 5) is 0. The maximum atomic E-state index is 9.08. The molecule has 0 amide bonds. The van der Waals surface area contributed by atoms with Crippen molar-refractivity contribution < 1.29 is 97.9 Å². The first-order valence-electron chi connectivity index (χ1n) is 1.73. The third-order valence-corrected chi connectivity index (χ3v) is 0.565. The third kappa shape index (κ3) is 31.9. The van der Waals surface area contributed by atoms with E-state index in [0.29, 0.717) is 0 Å². The summed E-state index contributed by atoms with van der Waals surface area (Å²) >= 11 is 0. The molecule has 0 aliphatic heterocycles. The average Bonchev–Trinajstić information content (AvgIpc) is 1.86. The summed E-state index contributed by atoms with van der Waals surface area (Å²) in [5.74, 6) is 0. The molecule has 0 radical (unpaired) electrons. The fourth-order valence-corrected chi connectivity index (χ4v) is 0. The first kappa shape index (κ1) is 19.8. The molecule has 0 bridgehead atoms. The molecule has 10 nitrogen and oxygen atoms in total. The minimum atomic E-state index is -4.61. The summed E-state index contributed by atoms with van der Waals surface area (Å²) in [5.41, 5.74) is 0. The second kappa shape index (κ2) is 8.59. The molecule has 0 fully saturated rings. The van der Waals surface area contributed by atoms with Crippen LogP contribution in [-0.4, -0.2) is 36.5 Å². The van der Waals surface area contributed by atoms with Crippen molar-refractivity contribution in [2.75, 3.05) is 0 Å². The first-order valence-corrected chi connectivity index (χ1v) is 4.46. The molecule has 0 unspecified atom stereocenters. The molecule has 0 saturated heterocycles. The van der Waals surface area contributed by atoms with Crippen LogP contribution >= 0.6 is 0 Å². The Hall–Kier alpha value is 1.30. The van der Waals surface area contributed by atoms with Gasteiger partial charge in [-0.2, -0.15) is 16.8 Å². The van der Waals surface area contributed by atoms with Crippen molar-refractivity contribution in [1.29, 1.82) is 0 Å². The molecule has 0 spiro atoms. The van der Waals surface area contributed by atoms with Gasteiger partial charge in [0.05, 0.1) is 0 Å². The summed E-state index contributed by atoms with van der Waals surface area (Å²) in [5, 5.41) is 14.1. The number of hydrogen-bond donors (Lipinski definition) is 4. The Kier molecular flexibility index (Phi) is 13.1. The van der Waals surface area contributed by atoms with Gasteiger partial charge in [0.1, 0.15) is 0 Å². The zero-order valence-corrected chi connectivity index (χ0v) is 10.8. The van der Waals surface area contributed by atoms with Gasteiger partial charge in [-0.3, -0.25) is 9.11 Å². The molecular weight excluding hydrogens is 263 g/mol. The van der Waals surface area contributed by atoms with E-state index in [1.54, 1.807) is 0 Å². The Morgan fingerprint density at radius 3 is 0.923 bits per heavy atom. The predicted molar refractivity (Wildman–Crippen MR) is 31.6 cm³/mol. The van der Waals surface area contributed by atoms with Crippen molar-refractivity contribution in [3.05, 3.63) is 0 Å². The van der Waals surface area contributed by atoms with Gasteiger partial charge in [-0.1, -0.05) is 8.67 Å². The van der Waals surface area contributed by atoms with E-state index in [-0.39, 0.29) is 52.8 Å². The second-order valence-electron chi connectivity index (χ2n) is 1.00. The Morgan fingerprint density at radius 1 is 0.846 bits per heavy atom. The minimum Gasteiger partial charge on any atom is -1.00 e. The van der Waals surface area contributed by atoms with E-state index in [2.05, 4.69) is 8.67 Å². The topological polar surface area (TPSA) is 168 Å². The summed E-state index contributed by atoms with van der Waals surface area (Å²) in [7, 11) is -9.21. The maximum absolute atomic E-state index is 9.08. The van der Waals surface area contributed by atoms with E-state index in [4.69, 9.17) is 36.5 Å². The molecule has 13 heteroatoms. The van der Waals surface area contributed by atoms with Crippen LogP contribution in [0.2, 0.25) is 0 Å². The van der Waals surface area contributed by atoms with Gasteiger partial charge in [-0.05, 0) is 0 Å². The van der Waals surface area contributed by atoms with Gasteiger partial charge < -0.3 is 1.43 Å². The molecule has 0 aliphatic carbocycles. The second-order valence-corrected chi connectivity index (χ2v) is 3.01. The summed E-state index contributed by atoms with van der Waals surface area (Å²) in [6.45, 7) is 0. The van der Waals surface area contributed by atoms with E-state index in [9.17, 15) is 0 Å². The number of hydrogen-bond acceptors (Lipinski definition) is 8. The van der Waals surface area contributed by atoms with Gasteiger partial charge in [0, 0.05) is 0 Å². The Balaban J connectivity index is -0.0000000625. The normalized spacial score (nSPS) is 10.8. The Bertz CT molecular complexity index is 254. The van der Waals surface area contributed by atoms with Crippen LogP contribution < -0.4 is 51.4 Å². The first-order chi connectivity index (χ1) is 5.12. The van der Waals surface area contributed by atoms with Gasteiger partial charge in [-0.15, -0.1) is 0 Å². The van der Waals surface area contributed by atoms with Crippen LogP contribution in [0.25, 0.3) is 0 Å². The Morgan fingerprint density at radius 2 is 0.923 bits per heavy atom. The van der Waals surface area contributed by atoms with Crippen molar-refractivity contribution in [3.63, 3.8) is 0 Å². The zero-order valence-electron chi connectivity index (χ0n) is 7.05. The van der Waals surface area contributed by atoms with Gasteiger partial charge >= 0.3 is 72.2 Å². The SMILES string of the molecule is O=S(=O)(O)OO.O=S(=O)(O)OO.[H-].[K+]. The largest absolute Gasteiger partial charge is 1.00 e. The molecule has 0 rings (SSSR count). The molecule has 0 aromatic heterocycles. The maximum Gasteiger partial charge on any atom is 1.00 e. The molecule has 0 heterocycles. The quantitative estimate of drug-likeness (QED) is 0.166. The van der Waals surface area contributed by atoms with Crippen molar-refractivity contribution in [3.8, 4) is 0 Å². The van der Waals surface area contributed by atoms with Crippen molar-refractivity contribution in [1.82, 2.24) is 0 Å². The van der Waals surface area contributed by atoms with E-state index in [1.807, 2.05) is 0 Å². The van der Waals surface area contributed by atoms with Gasteiger partial charge in [0.2, 0.25) is 0 Å². The van der Waals surface area contributed by atoms with Crippen molar-refractivity contribution in [2.45, 2.75) is 0 Å². The van der Waals surface area contributed by atoms with Crippen LogP contribution in [-0.2, 0) is 29.5 Å². The van der Waals surface area contributed by atoms with Crippen LogP contribution in [0, 0.1) is 0 Å². The summed E-state index contributed by atoms with van der Waals surface area (Å²) < 4.78 is 55.9. The van der Waals surface area contributed by atoms with Crippen LogP contribution in [0.3, 0.4) is 0 Å².